The molecular weight excluding hydrogens is 512 g/mol. The molecule has 178 valence electrons. The van der Waals surface area contributed by atoms with Crippen LogP contribution in [0.25, 0.3) is 11.1 Å². The molecule has 36 heavy (non-hydrogen) atoms. The molecule has 0 fully saturated rings. The van der Waals surface area contributed by atoms with Gasteiger partial charge < -0.3 is 0 Å². The molecule has 0 heterocycles. The summed E-state index contributed by atoms with van der Waals surface area (Å²) in [5, 5.41) is 0. The Morgan fingerprint density at radius 2 is 1.06 bits per heavy atom. The molecule has 2 aliphatic rings. The third-order valence-corrected chi connectivity index (χ3v) is 25.7. The SMILES string of the molecule is CC1=C(C)C[C]([Zr]([CH3])([CH3])(=[C](c2ccccc2)c2ccccc2)[CH]2c3ccccc3-c3ccccc32)=C1. The van der Waals surface area contributed by atoms with Gasteiger partial charge in [0.15, 0.2) is 0 Å². The second kappa shape index (κ2) is 8.60. The summed E-state index contributed by atoms with van der Waals surface area (Å²) in [5.41, 5.74) is 11.6. The van der Waals surface area contributed by atoms with E-state index in [2.05, 4.69) is 138 Å². The summed E-state index contributed by atoms with van der Waals surface area (Å²) >= 11 is -4.16. The number of fused-ring (bicyclic) bond motifs is 3. The maximum absolute atomic E-state index is 4.16. The Morgan fingerprint density at radius 1 is 0.611 bits per heavy atom. The van der Waals surface area contributed by atoms with E-state index in [-0.39, 0.29) is 0 Å². The van der Waals surface area contributed by atoms with Crippen LogP contribution in [0.2, 0.25) is 9.26 Å². The van der Waals surface area contributed by atoms with E-state index in [0.717, 1.165) is 6.42 Å². The molecule has 0 aromatic heterocycles. The van der Waals surface area contributed by atoms with Gasteiger partial charge in [0, 0.05) is 0 Å². The summed E-state index contributed by atoms with van der Waals surface area (Å²) in [4.78, 5) is 0. The predicted molar refractivity (Wildman–Crippen MR) is 153 cm³/mol. The maximum atomic E-state index is 2.73. The molecule has 0 N–H and O–H groups in total. The molecule has 0 nitrogen and oxygen atoms in total. The van der Waals surface area contributed by atoms with Crippen molar-refractivity contribution in [2.45, 2.75) is 33.2 Å². The molecule has 0 atom stereocenters. The summed E-state index contributed by atoms with van der Waals surface area (Å²) in [7, 11) is 0. The van der Waals surface area contributed by atoms with Gasteiger partial charge in [-0.3, -0.25) is 0 Å². The van der Waals surface area contributed by atoms with Crippen LogP contribution in [0.1, 0.15) is 46.1 Å². The number of allylic oxidation sites excluding steroid dienone is 4. The van der Waals surface area contributed by atoms with Crippen LogP contribution in [0.5, 0.6) is 0 Å². The normalized spacial score (nSPS) is 15.5. The van der Waals surface area contributed by atoms with Crippen molar-refractivity contribution in [2.75, 3.05) is 0 Å². The van der Waals surface area contributed by atoms with Crippen LogP contribution < -0.4 is 0 Å². The molecule has 0 amide bonds. The summed E-state index contributed by atoms with van der Waals surface area (Å²) in [5.74, 6) is 0. The summed E-state index contributed by atoms with van der Waals surface area (Å²) in [6, 6.07) is 40.9. The topological polar surface area (TPSA) is 0 Å². The second-order valence-corrected chi connectivity index (χ2v) is 28.0. The number of hydrogen-bond acceptors (Lipinski definition) is 0. The second-order valence-electron chi connectivity index (χ2n) is 11.5. The zero-order valence-electron chi connectivity index (χ0n) is 21.8. The fourth-order valence-electron chi connectivity index (χ4n) is 7.20. The average Bonchev–Trinajstić information content (AvgIpc) is 3.43. The van der Waals surface area contributed by atoms with Gasteiger partial charge in [0.1, 0.15) is 0 Å². The van der Waals surface area contributed by atoms with Crippen LogP contribution in [-0.4, -0.2) is 3.21 Å². The van der Waals surface area contributed by atoms with Gasteiger partial charge >= 0.3 is 218 Å². The van der Waals surface area contributed by atoms with Crippen LogP contribution >= 0.6 is 0 Å². The van der Waals surface area contributed by atoms with Crippen LogP contribution in [-0.2, 0) is 18.3 Å². The Kier molecular flexibility index (Phi) is 5.62. The molecule has 2 aliphatic carbocycles. The molecule has 1 heteroatoms. The molecule has 4 aromatic carbocycles. The van der Waals surface area contributed by atoms with Gasteiger partial charge in [0.25, 0.3) is 0 Å². The first-order valence-corrected chi connectivity index (χ1v) is 21.9. The number of benzene rings is 4. The Morgan fingerprint density at radius 3 is 1.50 bits per heavy atom. The first-order chi connectivity index (χ1) is 17.4. The van der Waals surface area contributed by atoms with Crippen molar-refractivity contribution in [1.82, 2.24) is 0 Å². The van der Waals surface area contributed by atoms with E-state index in [1.807, 2.05) is 0 Å². The van der Waals surface area contributed by atoms with E-state index in [1.165, 1.54) is 44.5 Å². The third-order valence-electron chi connectivity index (χ3n) is 9.10. The molecule has 6 rings (SSSR count). The summed E-state index contributed by atoms with van der Waals surface area (Å²) < 4.78 is 9.16. The van der Waals surface area contributed by atoms with Crippen molar-refractivity contribution in [3.8, 4) is 11.1 Å². The predicted octanol–water partition coefficient (Wildman–Crippen LogP) is 9.44. The molecular formula is C35H34Zr. The molecule has 0 spiro atoms. The van der Waals surface area contributed by atoms with Gasteiger partial charge in [-0.25, -0.2) is 0 Å². The molecule has 0 saturated heterocycles. The van der Waals surface area contributed by atoms with Gasteiger partial charge in [0.05, 0.1) is 0 Å². The van der Waals surface area contributed by atoms with Crippen molar-refractivity contribution < 1.29 is 18.3 Å². The quantitative estimate of drug-likeness (QED) is 0.240. The molecule has 0 saturated carbocycles. The van der Waals surface area contributed by atoms with Crippen LogP contribution in [0, 0.1) is 0 Å². The van der Waals surface area contributed by atoms with Crippen LogP contribution in [0.3, 0.4) is 0 Å². The van der Waals surface area contributed by atoms with Gasteiger partial charge in [-0.2, -0.15) is 0 Å². The van der Waals surface area contributed by atoms with Gasteiger partial charge in [-0.05, 0) is 0 Å². The van der Waals surface area contributed by atoms with Crippen LogP contribution in [0.4, 0.5) is 0 Å². The average molecular weight is 546 g/mol. The molecule has 4 aromatic rings. The zero-order valence-corrected chi connectivity index (χ0v) is 24.2. The van der Waals surface area contributed by atoms with Crippen molar-refractivity contribution in [2.24, 2.45) is 0 Å². The molecule has 0 unspecified atom stereocenters. The van der Waals surface area contributed by atoms with Crippen molar-refractivity contribution in [1.29, 1.82) is 0 Å². The van der Waals surface area contributed by atoms with Crippen molar-refractivity contribution >= 4 is 3.21 Å². The molecule has 0 bridgehead atoms. The van der Waals surface area contributed by atoms with Gasteiger partial charge in [0.2, 0.25) is 0 Å². The Hall–Kier alpha value is -2.89. The van der Waals surface area contributed by atoms with Crippen molar-refractivity contribution in [3.05, 3.63) is 152 Å². The van der Waals surface area contributed by atoms with E-state index in [4.69, 9.17) is 0 Å². The summed E-state index contributed by atoms with van der Waals surface area (Å²) in [6.45, 7) is 4.63. The summed E-state index contributed by atoms with van der Waals surface area (Å²) in [6.07, 6.45) is 3.67. The Bertz CT molecular complexity index is 1520. The number of hydrogen-bond donors (Lipinski definition) is 0. The fraction of sp³-hybridized carbons (Fsp3) is 0.171. The van der Waals surface area contributed by atoms with E-state index >= 15 is 0 Å². The monoisotopic (exact) mass is 544 g/mol. The minimum atomic E-state index is -4.16. The standard InChI is InChI=1S/C13H9.C13H10.C7H9.2CH3.Zr/c1-3-7-12-10(5-1)9-11-6-2-4-8-13(11)12;1-3-7-12(8-4-1)11-13-9-5-2-6-10-13;1-6-4-3-5-7(6)2;;;/h1-9H;1-10H;4H,5H2,1-2H3;2*1H3;. The molecule has 0 radical (unpaired) electrons. The van der Waals surface area contributed by atoms with Gasteiger partial charge in [-0.1, -0.05) is 0 Å². The van der Waals surface area contributed by atoms with Crippen molar-refractivity contribution in [3.63, 3.8) is 0 Å². The molecule has 0 aliphatic heterocycles. The first-order valence-electron chi connectivity index (χ1n) is 13.1. The Balaban J connectivity index is 1.84. The van der Waals surface area contributed by atoms with E-state index in [9.17, 15) is 0 Å². The van der Waals surface area contributed by atoms with E-state index in [1.54, 1.807) is 6.49 Å². The number of rotatable bonds is 4. The minimum absolute atomic E-state index is 0.388. The Labute approximate surface area is 216 Å². The van der Waals surface area contributed by atoms with Crippen LogP contribution in [0.15, 0.2) is 130 Å². The third kappa shape index (κ3) is 3.40. The zero-order chi connectivity index (χ0) is 24.9. The van der Waals surface area contributed by atoms with E-state index in [0.29, 0.717) is 3.63 Å². The first kappa shape index (κ1) is 23.5. The van der Waals surface area contributed by atoms with E-state index < -0.39 is 18.3 Å². The fourth-order valence-corrected chi connectivity index (χ4v) is 24.2. The van der Waals surface area contributed by atoms with Gasteiger partial charge in [-0.15, -0.1) is 0 Å².